The lowest BCUT2D eigenvalue weighted by Gasteiger charge is -2.39. The van der Waals surface area contributed by atoms with Gasteiger partial charge in [-0.05, 0) is 35.3 Å². The van der Waals surface area contributed by atoms with Gasteiger partial charge < -0.3 is 10.2 Å². The maximum atomic E-state index is 11.8. The van der Waals surface area contributed by atoms with Gasteiger partial charge in [-0.15, -0.1) is 0 Å². The second-order valence-electron chi connectivity index (χ2n) is 8.46. The first kappa shape index (κ1) is 19.4. The minimum Gasteiger partial charge on any atom is -0.481 e. The molecule has 2 aliphatic rings. The summed E-state index contributed by atoms with van der Waals surface area (Å²) in [7, 11) is 0. The zero-order chi connectivity index (χ0) is 20.8. The third kappa shape index (κ3) is 3.15. The molecule has 0 bridgehead atoms. The normalized spacial score (nSPS) is 26.1. The summed E-state index contributed by atoms with van der Waals surface area (Å²) >= 11 is 0. The topological polar surface area (TPSA) is 87.0 Å². The molecule has 150 valence electrons. The van der Waals surface area contributed by atoms with E-state index in [0.717, 1.165) is 21.7 Å². The van der Waals surface area contributed by atoms with Crippen LogP contribution in [0.1, 0.15) is 43.9 Å². The van der Waals surface area contributed by atoms with Crippen LogP contribution in [-0.2, 0) is 15.0 Å². The number of carboxylic acid groups (broad SMARTS) is 2. The van der Waals surface area contributed by atoms with Crippen molar-refractivity contribution in [1.82, 2.24) is 0 Å². The highest BCUT2D eigenvalue weighted by Crippen LogP contribution is 2.57. The zero-order valence-electron chi connectivity index (χ0n) is 16.6. The molecule has 0 fully saturated rings. The quantitative estimate of drug-likeness (QED) is 0.793. The van der Waals surface area contributed by atoms with E-state index >= 15 is 0 Å². The molecule has 0 spiro atoms. The highest BCUT2D eigenvalue weighted by Gasteiger charge is 2.53. The van der Waals surface area contributed by atoms with Crippen molar-refractivity contribution in [3.63, 3.8) is 0 Å². The van der Waals surface area contributed by atoms with E-state index in [1.807, 2.05) is 42.5 Å². The fourth-order valence-corrected chi connectivity index (χ4v) is 5.22. The lowest BCUT2D eigenvalue weighted by Crippen LogP contribution is -2.42. The molecule has 5 heteroatoms. The van der Waals surface area contributed by atoms with Gasteiger partial charge >= 0.3 is 11.9 Å². The van der Waals surface area contributed by atoms with Crippen molar-refractivity contribution in [2.24, 2.45) is 22.7 Å². The minimum atomic E-state index is -0.860. The third-order valence-electron chi connectivity index (χ3n) is 6.55. The summed E-state index contributed by atoms with van der Waals surface area (Å²) in [5.41, 5.74) is 1.54. The Balaban J connectivity index is 1.95. The van der Waals surface area contributed by atoms with Gasteiger partial charge in [-0.3, -0.25) is 14.6 Å². The second kappa shape index (κ2) is 7.14. The Morgan fingerprint density at radius 1 is 0.966 bits per heavy atom. The van der Waals surface area contributed by atoms with E-state index in [-0.39, 0.29) is 12.0 Å². The molecule has 1 aliphatic carbocycles. The average molecular weight is 391 g/mol. The molecule has 4 atom stereocenters. The zero-order valence-corrected chi connectivity index (χ0v) is 16.6. The molecule has 2 aromatic rings. The number of fused-ring (bicyclic) bond motifs is 4. The molecular formula is C24H25NO4. The van der Waals surface area contributed by atoms with E-state index in [9.17, 15) is 19.8 Å². The summed E-state index contributed by atoms with van der Waals surface area (Å²) in [6.45, 7) is 3.42. The fourth-order valence-electron chi connectivity index (χ4n) is 5.22. The molecule has 0 amide bonds. The number of benzene rings is 2. The Morgan fingerprint density at radius 2 is 1.55 bits per heavy atom. The van der Waals surface area contributed by atoms with Crippen molar-refractivity contribution in [3.8, 4) is 0 Å². The summed E-state index contributed by atoms with van der Waals surface area (Å²) in [6, 6.07) is 15.8. The van der Waals surface area contributed by atoms with E-state index < -0.39 is 29.2 Å². The number of nitrogens with zero attached hydrogens (tertiary/aromatic N) is 1. The maximum absolute atomic E-state index is 11.8. The first-order valence-corrected chi connectivity index (χ1v) is 10.0. The van der Waals surface area contributed by atoms with Gasteiger partial charge in [-0.25, -0.2) is 0 Å². The monoisotopic (exact) mass is 391 g/mol. The van der Waals surface area contributed by atoms with E-state index in [1.54, 1.807) is 13.8 Å². The second-order valence-corrected chi connectivity index (χ2v) is 8.46. The minimum absolute atomic E-state index is 0.0709. The van der Waals surface area contributed by atoms with Crippen LogP contribution in [0.15, 0.2) is 53.5 Å². The van der Waals surface area contributed by atoms with Gasteiger partial charge in [0.2, 0.25) is 0 Å². The fraction of sp³-hybridized carbons (Fsp3) is 0.375. The molecule has 0 radical (unpaired) electrons. The van der Waals surface area contributed by atoms with Crippen molar-refractivity contribution in [1.29, 1.82) is 0 Å². The first-order valence-electron chi connectivity index (χ1n) is 10.0. The van der Waals surface area contributed by atoms with Crippen LogP contribution in [0.3, 0.4) is 0 Å². The van der Waals surface area contributed by atoms with Gasteiger partial charge in [0.15, 0.2) is 0 Å². The molecule has 0 aromatic heterocycles. The van der Waals surface area contributed by atoms with Gasteiger partial charge in [0, 0.05) is 11.3 Å². The third-order valence-corrected chi connectivity index (χ3v) is 6.55. The number of carboxylic acids is 2. The number of para-hydroxylation sites is 1. The molecule has 1 heterocycles. The molecule has 4 rings (SSSR count). The van der Waals surface area contributed by atoms with Crippen molar-refractivity contribution in [2.45, 2.75) is 38.1 Å². The predicted molar refractivity (Wildman–Crippen MR) is 109 cm³/mol. The first-order chi connectivity index (χ1) is 13.8. The Labute approximate surface area is 169 Å². The lowest BCUT2D eigenvalue weighted by molar-refractivity contribution is -0.142. The van der Waals surface area contributed by atoms with Crippen LogP contribution in [0.2, 0.25) is 0 Å². The number of hydrogen-bond donors (Lipinski definition) is 2. The maximum Gasteiger partial charge on any atom is 0.306 e. The van der Waals surface area contributed by atoms with Crippen molar-refractivity contribution in [2.75, 3.05) is 0 Å². The summed E-state index contributed by atoms with van der Waals surface area (Å²) in [5.74, 6) is -2.97. The average Bonchev–Trinajstić information content (AvgIpc) is 2.95. The molecule has 2 N–H and O–H groups in total. The number of rotatable bonds is 6. The van der Waals surface area contributed by atoms with Crippen molar-refractivity contribution in [3.05, 3.63) is 70.2 Å². The number of hydrogen-bond acceptors (Lipinski definition) is 3. The van der Waals surface area contributed by atoms with Gasteiger partial charge in [0.1, 0.15) is 0 Å². The van der Waals surface area contributed by atoms with Crippen molar-refractivity contribution >= 4 is 18.0 Å². The highest BCUT2D eigenvalue weighted by atomic mass is 16.4. The summed E-state index contributed by atoms with van der Waals surface area (Å²) in [4.78, 5) is 28.6. The molecule has 0 saturated carbocycles. The smallest absolute Gasteiger partial charge is 0.306 e. The van der Waals surface area contributed by atoms with Crippen LogP contribution in [-0.4, -0.2) is 22.2 Å². The molecule has 4 unspecified atom stereocenters. The van der Waals surface area contributed by atoms with Crippen molar-refractivity contribution < 1.29 is 19.8 Å². The van der Waals surface area contributed by atoms with Gasteiger partial charge in [-0.1, -0.05) is 62.4 Å². The Bertz CT molecular complexity index is 1070. The molecule has 0 saturated heterocycles. The Morgan fingerprint density at radius 3 is 2.21 bits per heavy atom. The summed E-state index contributed by atoms with van der Waals surface area (Å²) in [6.07, 6.45) is 2.95. The summed E-state index contributed by atoms with van der Waals surface area (Å²) < 4.78 is 0. The number of aliphatic carboxylic acids is 2. The van der Waals surface area contributed by atoms with E-state index in [0.29, 0.717) is 12.8 Å². The molecule has 29 heavy (non-hydrogen) atoms. The largest absolute Gasteiger partial charge is 0.481 e. The van der Waals surface area contributed by atoms with Crippen LogP contribution in [0, 0.1) is 17.8 Å². The van der Waals surface area contributed by atoms with Crippen LogP contribution in [0.4, 0.5) is 0 Å². The molecule has 5 nitrogen and oxygen atoms in total. The predicted octanol–water partition coefficient (Wildman–Crippen LogP) is 2.93. The molecular weight excluding hydrogens is 366 g/mol. The van der Waals surface area contributed by atoms with E-state index in [4.69, 9.17) is 4.99 Å². The lowest BCUT2D eigenvalue weighted by atomic mass is 9.64. The SMILES string of the molecule is CC(CC1(CC(C)C(=O)O)c2ccccc2C2N=c3ccccc3=CC21)C(=O)O. The van der Waals surface area contributed by atoms with Crippen LogP contribution >= 0.6 is 0 Å². The molecule has 1 aliphatic heterocycles. The van der Waals surface area contributed by atoms with Gasteiger partial charge in [0.05, 0.1) is 23.2 Å². The van der Waals surface area contributed by atoms with E-state index in [2.05, 4.69) is 12.1 Å². The van der Waals surface area contributed by atoms with Crippen LogP contribution in [0.5, 0.6) is 0 Å². The van der Waals surface area contributed by atoms with Crippen LogP contribution < -0.4 is 10.6 Å². The Hall–Kier alpha value is -2.95. The van der Waals surface area contributed by atoms with E-state index in [1.165, 1.54) is 0 Å². The number of carbonyl (C=O) groups is 2. The van der Waals surface area contributed by atoms with Crippen LogP contribution in [0.25, 0.3) is 6.08 Å². The standard InChI is InChI=1S/C24H25NO4/c1-14(22(26)27)12-24(13-15(2)23(28)29)18-9-5-4-8-17(18)21-19(24)11-16-7-3-6-10-20(16)25-21/h3-11,14-15,19,21H,12-13H2,1-2H3,(H,26,27)(H,28,29). The Kier molecular flexibility index (Phi) is 4.77. The van der Waals surface area contributed by atoms with Gasteiger partial charge in [-0.2, -0.15) is 0 Å². The summed E-state index contributed by atoms with van der Waals surface area (Å²) in [5, 5.41) is 21.3. The van der Waals surface area contributed by atoms with Gasteiger partial charge in [0.25, 0.3) is 0 Å². The molecule has 2 aromatic carbocycles. The highest BCUT2D eigenvalue weighted by molar-refractivity contribution is 5.71.